The van der Waals surface area contributed by atoms with Crippen LogP contribution in [0.3, 0.4) is 0 Å². The van der Waals surface area contributed by atoms with E-state index in [2.05, 4.69) is 47.6 Å². The van der Waals surface area contributed by atoms with Crippen LogP contribution < -0.4 is 0 Å². The molecule has 6 rings (SSSR count). The van der Waals surface area contributed by atoms with E-state index in [0.717, 1.165) is 53.9 Å². The number of halogens is 1. The van der Waals surface area contributed by atoms with Gasteiger partial charge >= 0.3 is 0 Å². The molecule has 0 aromatic rings. The van der Waals surface area contributed by atoms with E-state index in [4.69, 9.17) is 11.6 Å². The molecule has 8 atom stereocenters. The molecular formula is C23H38BCl. The van der Waals surface area contributed by atoms with E-state index in [0.29, 0.717) is 10.8 Å². The normalized spacial score (nSPS) is 49.4. The summed E-state index contributed by atoms with van der Waals surface area (Å²) in [6.07, 6.45) is 9.44. The van der Waals surface area contributed by atoms with E-state index in [9.17, 15) is 0 Å². The van der Waals surface area contributed by atoms with Crippen molar-refractivity contribution in [2.24, 2.45) is 46.3 Å². The molecule has 0 heterocycles. The third kappa shape index (κ3) is 2.54. The maximum absolute atomic E-state index is 5.98. The average molecular weight is 361 g/mol. The number of allylic oxidation sites excluding steroid dienone is 1. The Balaban J connectivity index is 1.56. The van der Waals surface area contributed by atoms with Gasteiger partial charge in [0.1, 0.15) is 0 Å². The average Bonchev–Trinajstić information content (AvgIpc) is 2.56. The van der Waals surface area contributed by atoms with Crippen molar-refractivity contribution in [2.75, 3.05) is 0 Å². The lowest BCUT2D eigenvalue weighted by molar-refractivity contribution is -0.107. The minimum Gasteiger partial charge on any atom is -0.0933 e. The van der Waals surface area contributed by atoms with Crippen molar-refractivity contribution < 1.29 is 0 Å². The summed E-state index contributed by atoms with van der Waals surface area (Å²) in [5.41, 5.74) is 2.99. The number of hydrogen-bond donors (Lipinski definition) is 0. The molecule has 0 aromatic carbocycles. The van der Waals surface area contributed by atoms with Crippen LogP contribution in [0, 0.1) is 46.3 Å². The van der Waals surface area contributed by atoms with Gasteiger partial charge in [-0.25, -0.2) is 0 Å². The molecule has 0 spiro atoms. The van der Waals surface area contributed by atoms with Gasteiger partial charge in [-0.1, -0.05) is 90.0 Å². The minimum atomic E-state index is 0.602. The molecule has 0 nitrogen and oxygen atoms in total. The quantitative estimate of drug-likeness (QED) is 0.459. The van der Waals surface area contributed by atoms with E-state index >= 15 is 0 Å². The van der Waals surface area contributed by atoms with Crippen LogP contribution in [-0.4, -0.2) is 6.71 Å². The lowest BCUT2D eigenvalue weighted by atomic mass is 9.20. The van der Waals surface area contributed by atoms with Crippen molar-refractivity contribution in [3.8, 4) is 0 Å². The van der Waals surface area contributed by atoms with E-state index in [1.165, 1.54) is 32.0 Å². The third-order valence-corrected chi connectivity index (χ3v) is 10.6. The Labute approximate surface area is 161 Å². The van der Waals surface area contributed by atoms with E-state index in [1.54, 1.807) is 5.54 Å². The summed E-state index contributed by atoms with van der Waals surface area (Å²) in [5.74, 6) is 7.53. The Hall–Kier alpha value is 0.0949. The summed E-state index contributed by atoms with van der Waals surface area (Å²) >= 11 is 5.98. The smallest absolute Gasteiger partial charge is 0.0933 e. The van der Waals surface area contributed by atoms with Gasteiger partial charge < -0.3 is 0 Å². The van der Waals surface area contributed by atoms with Gasteiger partial charge in [-0.15, -0.1) is 0 Å². The summed E-state index contributed by atoms with van der Waals surface area (Å²) in [5, 5.41) is 0. The molecule has 2 heteroatoms. The summed E-state index contributed by atoms with van der Waals surface area (Å²) < 4.78 is 0. The molecule has 0 amide bonds. The highest BCUT2D eigenvalue weighted by Crippen LogP contribution is 2.69. The molecule has 0 unspecified atom stereocenters. The van der Waals surface area contributed by atoms with Gasteiger partial charge in [0.25, 0.3) is 0 Å². The van der Waals surface area contributed by atoms with Gasteiger partial charge in [0.05, 0.1) is 0 Å². The van der Waals surface area contributed by atoms with E-state index in [1.807, 2.05) is 0 Å². The predicted octanol–water partition coefficient (Wildman–Crippen LogP) is 7.38. The molecule has 140 valence electrons. The predicted molar refractivity (Wildman–Crippen MR) is 111 cm³/mol. The van der Waals surface area contributed by atoms with Crippen LogP contribution in [-0.2, 0) is 0 Å². The second-order valence-corrected chi connectivity index (χ2v) is 11.8. The first-order valence-corrected chi connectivity index (χ1v) is 11.4. The molecule has 6 aliphatic rings. The van der Waals surface area contributed by atoms with Gasteiger partial charge in [-0.2, -0.15) is 0 Å². The van der Waals surface area contributed by atoms with Crippen LogP contribution in [0.15, 0.2) is 11.6 Å². The van der Waals surface area contributed by atoms with E-state index < -0.39 is 0 Å². The maximum atomic E-state index is 5.98. The van der Waals surface area contributed by atoms with Crippen molar-refractivity contribution in [1.29, 1.82) is 0 Å². The van der Waals surface area contributed by atoms with Gasteiger partial charge in [0, 0.05) is 0 Å². The molecule has 4 bridgehead atoms. The van der Waals surface area contributed by atoms with Crippen LogP contribution in [0.25, 0.3) is 0 Å². The molecule has 6 saturated carbocycles. The number of rotatable bonds is 4. The Kier molecular flexibility index (Phi) is 4.47. The van der Waals surface area contributed by atoms with Crippen molar-refractivity contribution in [3.05, 3.63) is 11.6 Å². The highest BCUT2D eigenvalue weighted by molar-refractivity contribution is 6.63. The van der Waals surface area contributed by atoms with Crippen LogP contribution in [0.5, 0.6) is 0 Å². The number of hydrogen-bond acceptors (Lipinski definition) is 0. The zero-order chi connectivity index (χ0) is 18.1. The Bertz CT molecular complexity index is 508. The minimum absolute atomic E-state index is 0.602. The first kappa shape index (κ1) is 18.5. The van der Waals surface area contributed by atoms with Crippen molar-refractivity contribution in [3.63, 3.8) is 0 Å². The molecule has 0 aromatic heterocycles. The molecule has 6 fully saturated rings. The largest absolute Gasteiger partial charge is 0.150 e. The summed E-state index contributed by atoms with van der Waals surface area (Å²) in [7, 11) is 0. The summed E-state index contributed by atoms with van der Waals surface area (Å²) in [6.45, 7) is 16.2. The second kappa shape index (κ2) is 6.05. The van der Waals surface area contributed by atoms with Gasteiger partial charge in [-0.3, -0.25) is 0 Å². The zero-order valence-electron chi connectivity index (χ0n) is 17.3. The molecule has 0 aliphatic heterocycles. The van der Waals surface area contributed by atoms with Crippen LogP contribution in [0.2, 0.25) is 18.0 Å². The van der Waals surface area contributed by atoms with E-state index in [-0.39, 0.29) is 0 Å². The molecule has 25 heavy (non-hydrogen) atoms. The van der Waals surface area contributed by atoms with Crippen LogP contribution >= 0.6 is 11.6 Å². The van der Waals surface area contributed by atoms with Gasteiger partial charge in [-0.05, 0) is 64.7 Å². The Morgan fingerprint density at radius 1 is 0.840 bits per heavy atom. The topological polar surface area (TPSA) is 0 Å². The van der Waals surface area contributed by atoms with Gasteiger partial charge in [0.2, 0.25) is 0 Å². The zero-order valence-corrected chi connectivity index (χ0v) is 18.0. The lowest BCUT2D eigenvalue weighted by Crippen LogP contribution is -2.59. The molecule has 0 N–H and O–H groups in total. The highest BCUT2D eigenvalue weighted by Gasteiger charge is 2.61. The Morgan fingerprint density at radius 2 is 1.28 bits per heavy atom. The molecule has 6 aliphatic carbocycles. The first-order chi connectivity index (χ1) is 11.7. The fourth-order valence-electron chi connectivity index (χ4n) is 8.39. The standard InChI is InChI=1S/C23H38BCl/c1-14-18-10-16(22(18,3)4)12-20(14)24(8-7-9-25)21-13-17-11-19(15(21)2)23(17,5)6/h7,9,14-21H,8,10-13H2,1-6H3/b9-7-/t14-,15-,16-,17-,18-,19-,20-,21-/m0/s1. The SMILES string of the molecule is C[C@@H]1[C@@H](B(C/C=C\Cl)[C@H]2C[C@@H]3C[C@@H]([C@@H]2C)C3(C)C)C[C@@H]2C[C@@H]1C2(C)C. The molecular weight excluding hydrogens is 323 g/mol. The summed E-state index contributed by atoms with van der Waals surface area (Å²) in [6, 6.07) is 0. The monoisotopic (exact) mass is 360 g/mol. The lowest BCUT2D eigenvalue weighted by Gasteiger charge is -2.66. The fraction of sp³-hybridized carbons (Fsp3) is 0.913. The first-order valence-electron chi connectivity index (χ1n) is 10.9. The van der Waals surface area contributed by atoms with Crippen molar-refractivity contribution >= 4 is 18.3 Å². The third-order valence-electron chi connectivity index (χ3n) is 10.4. The number of fused-ring (bicyclic) bond motifs is 4. The molecule has 0 saturated heterocycles. The Morgan fingerprint density at radius 3 is 1.60 bits per heavy atom. The fourth-order valence-corrected chi connectivity index (χ4v) is 8.49. The van der Waals surface area contributed by atoms with Crippen molar-refractivity contribution in [2.45, 2.75) is 85.2 Å². The maximum Gasteiger partial charge on any atom is 0.150 e. The molecule has 0 radical (unpaired) electrons. The van der Waals surface area contributed by atoms with Crippen LogP contribution in [0.4, 0.5) is 0 Å². The second-order valence-electron chi connectivity index (χ2n) is 11.5. The highest BCUT2D eigenvalue weighted by atomic mass is 35.5. The van der Waals surface area contributed by atoms with Crippen molar-refractivity contribution in [1.82, 2.24) is 0 Å². The summed E-state index contributed by atoms with van der Waals surface area (Å²) in [4.78, 5) is 0. The van der Waals surface area contributed by atoms with Gasteiger partial charge in [0.15, 0.2) is 6.71 Å². The van der Waals surface area contributed by atoms with Crippen LogP contribution in [0.1, 0.15) is 67.2 Å².